The highest BCUT2D eigenvalue weighted by atomic mass is 16.2. The van der Waals surface area contributed by atoms with E-state index in [-0.39, 0.29) is 24.4 Å². The molecule has 0 aromatic rings. The molecule has 2 rings (SSSR count). The highest BCUT2D eigenvalue weighted by molar-refractivity contribution is 5.86. The van der Waals surface area contributed by atoms with Gasteiger partial charge in [0.1, 0.15) is 0 Å². The Balaban J connectivity index is 1.92. The van der Waals surface area contributed by atoms with Gasteiger partial charge < -0.3 is 20.9 Å². The smallest absolute Gasteiger partial charge is 0.242 e. The van der Waals surface area contributed by atoms with Crippen molar-refractivity contribution < 1.29 is 9.59 Å². The molecule has 2 atom stereocenters. The summed E-state index contributed by atoms with van der Waals surface area (Å²) in [6.07, 6.45) is 2.00. The van der Waals surface area contributed by atoms with Crippen LogP contribution >= 0.6 is 0 Å². The number of nitrogens with two attached hydrogens (primary N) is 1. The summed E-state index contributed by atoms with van der Waals surface area (Å²) in [5, 5.41) is 3.01. The Hall–Kier alpha value is -1.14. The van der Waals surface area contributed by atoms with Crippen LogP contribution in [-0.4, -0.2) is 66.9 Å². The highest BCUT2D eigenvalue weighted by Gasteiger charge is 2.30. The molecule has 0 aliphatic carbocycles. The zero-order chi connectivity index (χ0) is 13.8. The lowest BCUT2D eigenvalue weighted by Crippen LogP contribution is -2.55. The number of rotatable bonds is 3. The lowest BCUT2D eigenvalue weighted by Gasteiger charge is -2.39. The third-order valence-electron chi connectivity index (χ3n) is 4.08. The molecule has 2 heterocycles. The minimum absolute atomic E-state index is 0.00859. The number of likely N-dealkylation sites (tertiary alicyclic amines) is 1. The summed E-state index contributed by atoms with van der Waals surface area (Å²) in [5.41, 5.74) is 5.77. The first-order chi connectivity index (χ1) is 9.11. The van der Waals surface area contributed by atoms with Crippen molar-refractivity contribution in [2.24, 2.45) is 11.7 Å². The second kappa shape index (κ2) is 6.34. The van der Waals surface area contributed by atoms with Crippen LogP contribution in [0, 0.1) is 5.92 Å². The maximum absolute atomic E-state index is 12.3. The number of carbonyl (C=O) groups is 2. The lowest BCUT2D eigenvalue weighted by atomic mass is 9.92. The first kappa shape index (κ1) is 14.3. The maximum Gasteiger partial charge on any atom is 0.242 e. The zero-order valence-electron chi connectivity index (χ0n) is 11.6. The molecule has 0 saturated carbocycles. The monoisotopic (exact) mass is 268 g/mol. The van der Waals surface area contributed by atoms with E-state index in [2.05, 4.69) is 12.2 Å². The molecule has 2 aliphatic rings. The van der Waals surface area contributed by atoms with Gasteiger partial charge in [-0.3, -0.25) is 9.59 Å². The van der Waals surface area contributed by atoms with Crippen molar-refractivity contribution in [3.8, 4) is 0 Å². The minimum Gasteiger partial charge on any atom is -0.337 e. The molecule has 108 valence electrons. The quantitative estimate of drug-likeness (QED) is 0.688. The van der Waals surface area contributed by atoms with E-state index >= 15 is 0 Å². The van der Waals surface area contributed by atoms with Crippen LogP contribution in [0.25, 0.3) is 0 Å². The molecule has 0 spiro atoms. The predicted molar refractivity (Wildman–Crippen MR) is 72.4 cm³/mol. The van der Waals surface area contributed by atoms with Crippen molar-refractivity contribution in [3.05, 3.63) is 0 Å². The summed E-state index contributed by atoms with van der Waals surface area (Å²) in [5.74, 6) is 0.672. The van der Waals surface area contributed by atoms with Gasteiger partial charge in [0.15, 0.2) is 0 Å². The van der Waals surface area contributed by atoms with E-state index in [0.29, 0.717) is 25.6 Å². The van der Waals surface area contributed by atoms with Gasteiger partial charge in [0.25, 0.3) is 0 Å². The molecule has 0 aromatic heterocycles. The molecule has 0 radical (unpaired) electrons. The Morgan fingerprint density at radius 3 is 2.95 bits per heavy atom. The summed E-state index contributed by atoms with van der Waals surface area (Å²) in [6.45, 7) is 5.38. The molecular formula is C13H24N4O2. The summed E-state index contributed by atoms with van der Waals surface area (Å²) in [7, 11) is 0. The average Bonchev–Trinajstić information content (AvgIpc) is 2.41. The Morgan fingerprint density at radius 1 is 1.47 bits per heavy atom. The van der Waals surface area contributed by atoms with E-state index in [1.54, 1.807) is 4.90 Å². The molecule has 6 nitrogen and oxygen atoms in total. The van der Waals surface area contributed by atoms with Crippen LogP contribution in [0.5, 0.6) is 0 Å². The normalized spacial score (nSPS) is 28.6. The molecule has 2 fully saturated rings. The summed E-state index contributed by atoms with van der Waals surface area (Å²) in [4.78, 5) is 27.5. The number of hydrogen-bond acceptors (Lipinski definition) is 4. The van der Waals surface area contributed by atoms with Crippen LogP contribution in [0.3, 0.4) is 0 Å². The zero-order valence-corrected chi connectivity index (χ0v) is 11.6. The van der Waals surface area contributed by atoms with E-state index in [9.17, 15) is 9.59 Å². The Labute approximate surface area is 114 Å². The van der Waals surface area contributed by atoms with Gasteiger partial charge in [-0.05, 0) is 18.8 Å². The van der Waals surface area contributed by atoms with Crippen molar-refractivity contribution in [2.45, 2.75) is 25.8 Å². The van der Waals surface area contributed by atoms with Crippen molar-refractivity contribution in [3.63, 3.8) is 0 Å². The predicted octanol–water partition coefficient (Wildman–Crippen LogP) is -0.996. The number of carbonyl (C=O) groups excluding carboxylic acids is 2. The second-order valence-corrected chi connectivity index (χ2v) is 5.60. The van der Waals surface area contributed by atoms with Crippen molar-refractivity contribution >= 4 is 11.8 Å². The fourth-order valence-electron chi connectivity index (χ4n) is 2.87. The highest BCUT2D eigenvalue weighted by Crippen LogP contribution is 2.22. The molecule has 19 heavy (non-hydrogen) atoms. The first-order valence-corrected chi connectivity index (χ1v) is 7.10. The molecule has 3 N–H and O–H groups in total. The van der Waals surface area contributed by atoms with Crippen molar-refractivity contribution in [1.82, 2.24) is 15.1 Å². The van der Waals surface area contributed by atoms with Crippen molar-refractivity contribution in [2.75, 3.05) is 39.3 Å². The van der Waals surface area contributed by atoms with Gasteiger partial charge in [-0.1, -0.05) is 6.92 Å². The van der Waals surface area contributed by atoms with Crippen LogP contribution in [0.1, 0.15) is 19.8 Å². The van der Waals surface area contributed by atoms with Crippen LogP contribution in [0.4, 0.5) is 0 Å². The van der Waals surface area contributed by atoms with Crippen molar-refractivity contribution in [1.29, 1.82) is 0 Å². The molecule has 2 saturated heterocycles. The van der Waals surface area contributed by atoms with Gasteiger partial charge in [0.2, 0.25) is 11.8 Å². The van der Waals surface area contributed by atoms with E-state index in [1.165, 1.54) is 0 Å². The number of amides is 2. The third-order valence-corrected chi connectivity index (χ3v) is 4.08. The lowest BCUT2D eigenvalue weighted by molar-refractivity contribution is -0.143. The summed E-state index contributed by atoms with van der Waals surface area (Å²) in [6, 6.07) is 0.134. The van der Waals surface area contributed by atoms with E-state index in [4.69, 9.17) is 5.73 Å². The fourth-order valence-corrected chi connectivity index (χ4v) is 2.87. The van der Waals surface area contributed by atoms with E-state index in [1.807, 2.05) is 4.90 Å². The topological polar surface area (TPSA) is 78.7 Å². The fraction of sp³-hybridized carbons (Fsp3) is 0.846. The Kier molecular flexibility index (Phi) is 4.76. The first-order valence-electron chi connectivity index (χ1n) is 7.10. The molecule has 6 heteroatoms. The molecule has 2 unspecified atom stereocenters. The van der Waals surface area contributed by atoms with Gasteiger partial charge in [0.05, 0.1) is 13.1 Å². The van der Waals surface area contributed by atoms with Crippen LogP contribution in [0.2, 0.25) is 0 Å². The standard InChI is InChI=1S/C13H24N4O2/c1-10-2-4-17(11(6-10)7-14)13(19)9-16-5-3-15-8-12(16)18/h10-11,15H,2-9,14H2,1H3. The number of hydrogen-bond donors (Lipinski definition) is 2. The van der Waals surface area contributed by atoms with Crippen LogP contribution in [0.15, 0.2) is 0 Å². The molecule has 2 aliphatic heterocycles. The average molecular weight is 268 g/mol. The number of nitrogens with zero attached hydrogens (tertiary/aromatic N) is 2. The van der Waals surface area contributed by atoms with Gasteiger partial charge in [0, 0.05) is 32.2 Å². The van der Waals surface area contributed by atoms with Crippen LogP contribution in [-0.2, 0) is 9.59 Å². The Morgan fingerprint density at radius 2 is 2.26 bits per heavy atom. The van der Waals surface area contributed by atoms with Gasteiger partial charge in [-0.15, -0.1) is 0 Å². The minimum atomic E-state index is 0.00859. The number of piperazine rings is 1. The Bertz CT molecular complexity index is 348. The largest absolute Gasteiger partial charge is 0.337 e. The molecular weight excluding hydrogens is 244 g/mol. The van der Waals surface area contributed by atoms with Gasteiger partial charge in [-0.2, -0.15) is 0 Å². The summed E-state index contributed by atoms with van der Waals surface area (Å²) < 4.78 is 0. The summed E-state index contributed by atoms with van der Waals surface area (Å²) >= 11 is 0. The SMILES string of the molecule is CC1CCN(C(=O)CN2CCNCC2=O)C(CN)C1. The maximum atomic E-state index is 12.3. The third kappa shape index (κ3) is 3.45. The molecule has 0 bridgehead atoms. The van der Waals surface area contributed by atoms with E-state index < -0.39 is 0 Å². The molecule has 2 amide bonds. The van der Waals surface area contributed by atoms with Gasteiger partial charge >= 0.3 is 0 Å². The van der Waals surface area contributed by atoms with Crippen LogP contribution < -0.4 is 11.1 Å². The van der Waals surface area contributed by atoms with Gasteiger partial charge in [-0.25, -0.2) is 0 Å². The molecule has 0 aromatic carbocycles. The van der Waals surface area contributed by atoms with E-state index in [0.717, 1.165) is 25.9 Å². The number of nitrogens with one attached hydrogen (secondary N) is 1. The second-order valence-electron chi connectivity index (χ2n) is 5.60. The number of piperidine rings is 1.